The molecule has 0 radical (unpaired) electrons. The maximum Gasteiger partial charge on any atom is 0.255 e. The SMILES string of the molecule is COc1ccc(C2CN([C@H]3CCCC[C@H]3Oc3ccc4c(c3)CN(C3CCC(=O)NC3=O)C4=O)C2)cn1. The molecule has 0 bridgehead atoms. The molecule has 3 fully saturated rings. The van der Waals surface area contributed by atoms with E-state index in [1.165, 1.54) is 12.0 Å². The number of carbonyl (C=O) groups is 3. The average molecular weight is 505 g/mol. The molecule has 4 heterocycles. The first-order valence-corrected chi connectivity index (χ1v) is 13.2. The standard InChI is InChI=1S/C28H32N4O5/c1-36-26-11-6-17(13-29-26)19-14-31(15-19)22-4-2-3-5-24(22)37-20-7-8-21-18(12-20)16-32(28(21)35)23-9-10-25(33)30-27(23)34/h6-8,11-13,19,22-24H,2-5,9-10,14-16H2,1H3,(H,30,33,34)/t22-,23?,24+/m0/s1. The molecule has 2 aromatic rings. The van der Waals surface area contributed by atoms with Gasteiger partial charge in [0.1, 0.15) is 17.9 Å². The number of nitrogens with zero attached hydrogens (tertiary/aromatic N) is 3. The molecule has 1 aromatic carbocycles. The number of imide groups is 1. The van der Waals surface area contributed by atoms with Crippen molar-refractivity contribution in [3.05, 3.63) is 53.2 Å². The molecule has 2 saturated heterocycles. The van der Waals surface area contributed by atoms with Crippen LogP contribution in [0.2, 0.25) is 0 Å². The molecule has 1 N–H and O–H groups in total. The van der Waals surface area contributed by atoms with Gasteiger partial charge in [0.15, 0.2) is 0 Å². The van der Waals surface area contributed by atoms with Gasteiger partial charge in [-0.1, -0.05) is 12.5 Å². The van der Waals surface area contributed by atoms with Crippen LogP contribution in [0.5, 0.6) is 11.6 Å². The van der Waals surface area contributed by atoms with Crippen LogP contribution in [0.4, 0.5) is 0 Å². The zero-order valence-electron chi connectivity index (χ0n) is 21.0. The van der Waals surface area contributed by atoms with E-state index in [1.54, 1.807) is 12.0 Å². The highest BCUT2D eigenvalue weighted by atomic mass is 16.5. The normalized spacial score (nSPS) is 26.5. The molecule has 194 valence electrons. The van der Waals surface area contributed by atoms with Gasteiger partial charge >= 0.3 is 0 Å². The van der Waals surface area contributed by atoms with Crippen LogP contribution in [-0.2, 0) is 16.1 Å². The average Bonchev–Trinajstić information content (AvgIpc) is 3.20. The van der Waals surface area contributed by atoms with Crippen molar-refractivity contribution in [2.75, 3.05) is 20.2 Å². The number of likely N-dealkylation sites (tertiary alicyclic amines) is 1. The highest BCUT2D eigenvalue weighted by molar-refractivity contribution is 6.05. The fraction of sp³-hybridized carbons (Fsp3) is 0.500. The van der Waals surface area contributed by atoms with Crippen molar-refractivity contribution in [3.63, 3.8) is 0 Å². The Morgan fingerprint density at radius 3 is 2.62 bits per heavy atom. The largest absolute Gasteiger partial charge is 0.489 e. The number of methoxy groups -OCH3 is 1. The van der Waals surface area contributed by atoms with E-state index in [1.807, 2.05) is 30.5 Å². The molecule has 3 aliphatic heterocycles. The predicted molar refractivity (Wildman–Crippen MR) is 134 cm³/mol. The molecule has 37 heavy (non-hydrogen) atoms. The van der Waals surface area contributed by atoms with Gasteiger partial charge in [-0.3, -0.25) is 24.6 Å². The van der Waals surface area contributed by atoms with Crippen LogP contribution in [-0.4, -0.2) is 70.9 Å². The predicted octanol–water partition coefficient (Wildman–Crippen LogP) is 2.64. The van der Waals surface area contributed by atoms with E-state index in [-0.39, 0.29) is 24.3 Å². The Labute approximate surface area is 216 Å². The van der Waals surface area contributed by atoms with Crippen LogP contribution in [0.1, 0.15) is 65.9 Å². The third-order valence-electron chi connectivity index (χ3n) is 8.27. The number of hydrogen-bond donors (Lipinski definition) is 1. The van der Waals surface area contributed by atoms with Crippen LogP contribution >= 0.6 is 0 Å². The molecular formula is C28H32N4O5. The van der Waals surface area contributed by atoms with Crippen LogP contribution < -0.4 is 14.8 Å². The molecular weight excluding hydrogens is 472 g/mol. The second-order valence-electron chi connectivity index (χ2n) is 10.5. The number of carbonyl (C=O) groups excluding carboxylic acids is 3. The number of piperidine rings is 1. The number of aromatic nitrogens is 1. The summed E-state index contributed by atoms with van der Waals surface area (Å²) in [6.07, 6.45) is 7.10. The van der Waals surface area contributed by atoms with Gasteiger partial charge in [0.2, 0.25) is 17.7 Å². The lowest BCUT2D eigenvalue weighted by molar-refractivity contribution is -0.136. The lowest BCUT2D eigenvalue weighted by Crippen LogP contribution is -2.57. The molecule has 1 aromatic heterocycles. The van der Waals surface area contributed by atoms with Crippen molar-refractivity contribution in [3.8, 4) is 11.6 Å². The quantitative estimate of drug-likeness (QED) is 0.604. The summed E-state index contributed by atoms with van der Waals surface area (Å²) in [5.41, 5.74) is 2.72. The number of amides is 3. The molecule has 1 unspecified atom stereocenters. The molecule has 9 heteroatoms. The van der Waals surface area contributed by atoms with Crippen LogP contribution in [0.3, 0.4) is 0 Å². The topological polar surface area (TPSA) is 101 Å². The summed E-state index contributed by atoms with van der Waals surface area (Å²) < 4.78 is 11.7. The van der Waals surface area contributed by atoms with Gasteiger partial charge in [0.25, 0.3) is 5.91 Å². The van der Waals surface area contributed by atoms with E-state index in [9.17, 15) is 14.4 Å². The van der Waals surface area contributed by atoms with Gasteiger partial charge in [0, 0.05) is 55.8 Å². The van der Waals surface area contributed by atoms with E-state index < -0.39 is 11.9 Å². The van der Waals surface area contributed by atoms with Crippen molar-refractivity contribution in [1.82, 2.24) is 20.1 Å². The minimum Gasteiger partial charge on any atom is -0.489 e. The number of pyridine rings is 1. The van der Waals surface area contributed by atoms with Gasteiger partial charge in [-0.25, -0.2) is 4.98 Å². The van der Waals surface area contributed by atoms with E-state index in [4.69, 9.17) is 9.47 Å². The lowest BCUT2D eigenvalue weighted by Gasteiger charge is -2.48. The Bertz CT molecular complexity index is 1210. The number of rotatable bonds is 6. The Balaban J connectivity index is 1.10. The second-order valence-corrected chi connectivity index (χ2v) is 10.5. The summed E-state index contributed by atoms with van der Waals surface area (Å²) in [5.74, 6) is 1.05. The first kappa shape index (κ1) is 23.9. The summed E-state index contributed by atoms with van der Waals surface area (Å²) >= 11 is 0. The molecule has 3 amide bonds. The minimum atomic E-state index is -0.607. The van der Waals surface area contributed by atoms with Crippen molar-refractivity contribution in [2.45, 2.75) is 69.2 Å². The van der Waals surface area contributed by atoms with E-state index >= 15 is 0 Å². The van der Waals surface area contributed by atoms with Crippen molar-refractivity contribution >= 4 is 17.7 Å². The monoisotopic (exact) mass is 504 g/mol. The summed E-state index contributed by atoms with van der Waals surface area (Å²) in [5, 5.41) is 2.35. The van der Waals surface area contributed by atoms with Gasteiger partial charge in [-0.2, -0.15) is 0 Å². The van der Waals surface area contributed by atoms with Gasteiger partial charge in [0.05, 0.1) is 7.11 Å². The third-order valence-corrected chi connectivity index (χ3v) is 8.27. The summed E-state index contributed by atoms with van der Waals surface area (Å²) in [6.45, 7) is 2.35. The Hall–Kier alpha value is -3.46. The highest BCUT2D eigenvalue weighted by Gasteiger charge is 2.41. The number of benzene rings is 1. The van der Waals surface area contributed by atoms with Crippen LogP contribution in [0, 0.1) is 0 Å². The number of fused-ring (bicyclic) bond motifs is 1. The van der Waals surface area contributed by atoms with Gasteiger partial charge in [-0.05, 0) is 55.0 Å². The second kappa shape index (κ2) is 9.78. The fourth-order valence-electron chi connectivity index (χ4n) is 6.18. The molecule has 1 aliphatic carbocycles. The first-order valence-electron chi connectivity index (χ1n) is 13.2. The zero-order valence-corrected chi connectivity index (χ0v) is 21.0. The minimum absolute atomic E-state index is 0.102. The molecule has 4 aliphatic rings. The summed E-state index contributed by atoms with van der Waals surface area (Å²) in [4.78, 5) is 45.3. The lowest BCUT2D eigenvalue weighted by atomic mass is 9.85. The van der Waals surface area contributed by atoms with Crippen molar-refractivity contribution < 1.29 is 23.9 Å². The Morgan fingerprint density at radius 2 is 1.86 bits per heavy atom. The fourth-order valence-corrected chi connectivity index (χ4v) is 6.18. The first-order chi connectivity index (χ1) is 18.0. The summed E-state index contributed by atoms with van der Waals surface area (Å²) in [6, 6.07) is 9.42. The molecule has 3 atom stereocenters. The maximum atomic E-state index is 13.0. The van der Waals surface area contributed by atoms with Gasteiger partial charge in [-0.15, -0.1) is 0 Å². The summed E-state index contributed by atoms with van der Waals surface area (Å²) in [7, 11) is 1.63. The highest BCUT2D eigenvalue weighted by Crippen LogP contribution is 2.36. The van der Waals surface area contributed by atoms with E-state index in [0.29, 0.717) is 36.4 Å². The van der Waals surface area contributed by atoms with Gasteiger partial charge < -0.3 is 14.4 Å². The number of nitrogens with one attached hydrogen (secondary N) is 1. The Kier molecular flexibility index (Phi) is 6.32. The molecule has 1 saturated carbocycles. The number of hydrogen-bond acceptors (Lipinski definition) is 7. The molecule has 6 rings (SSSR count). The number of ether oxygens (including phenoxy) is 2. The van der Waals surface area contributed by atoms with Crippen molar-refractivity contribution in [1.29, 1.82) is 0 Å². The van der Waals surface area contributed by atoms with Crippen LogP contribution in [0.25, 0.3) is 0 Å². The molecule has 0 spiro atoms. The van der Waals surface area contributed by atoms with Crippen LogP contribution in [0.15, 0.2) is 36.5 Å². The van der Waals surface area contributed by atoms with Crippen molar-refractivity contribution in [2.24, 2.45) is 0 Å². The Morgan fingerprint density at radius 1 is 1.03 bits per heavy atom. The molecule has 9 nitrogen and oxygen atoms in total. The third kappa shape index (κ3) is 4.56. The maximum absolute atomic E-state index is 13.0. The van der Waals surface area contributed by atoms with E-state index in [0.717, 1.165) is 43.7 Å². The smallest absolute Gasteiger partial charge is 0.255 e. The van der Waals surface area contributed by atoms with E-state index in [2.05, 4.69) is 21.3 Å². The zero-order chi connectivity index (χ0) is 25.5.